The van der Waals surface area contributed by atoms with Gasteiger partial charge in [0.05, 0.1) is 4.47 Å². The molecule has 4 aromatic carbocycles. The van der Waals surface area contributed by atoms with Gasteiger partial charge in [0.15, 0.2) is 0 Å². The lowest BCUT2D eigenvalue weighted by Crippen LogP contribution is -2.13. The SMILES string of the molecule is N#C/C(=C\c1ccc(OCc2ccc(Br)cc2)c(Br)c1)C(=O)Nc1ccc(OCc2ccc(Cl)cc2)cc1. The quantitative estimate of drug-likeness (QED) is 0.145. The third-order valence-electron chi connectivity index (χ3n) is 5.37. The minimum atomic E-state index is -0.506. The Bertz CT molecular complexity index is 1480. The molecule has 4 aromatic rings. The zero-order valence-corrected chi connectivity index (χ0v) is 23.9. The highest BCUT2D eigenvalue weighted by molar-refractivity contribution is 9.10. The van der Waals surface area contributed by atoms with Crippen molar-refractivity contribution in [3.63, 3.8) is 0 Å². The maximum Gasteiger partial charge on any atom is 0.266 e. The minimum absolute atomic E-state index is 0.0245. The Morgan fingerprint density at radius 2 is 1.50 bits per heavy atom. The van der Waals surface area contributed by atoms with Gasteiger partial charge in [0.25, 0.3) is 5.91 Å². The van der Waals surface area contributed by atoms with Crippen LogP contribution in [0, 0.1) is 11.3 Å². The Balaban J connectivity index is 1.34. The number of rotatable bonds is 9. The first kappa shape index (κ1) is 27.5. The summed E-state index contributed by atoms with van der Waals surface area (Å²) in [5.74, 6) is 0.807. The Morgan fingerprint density at radius 1 is 0.868 bits per heavy atom. The first-order valence-electron chi connectivity index (χ1n) is 11.5. The van der Waals surface area contributed by atoms with E-state index in [1.54, 1.807) is 42.5 Å². The number of benzene rings is 4. The fourth-order valence-electron chi connectivity index (χ4n) is 3.36. The van der Waals surface area contributed by atoms with E-state index in [1.807, 2.05) is 54.6 Å². The topological polar surface area (TPSA) is 71.3 Å². The number of nitriles is 1. The van der Waals surface area contributed by atoms with E-state index in [0.29, 0.717) is 41.0 Å². The average molecular weight is 653 g/mol. The standard InChI is InChI=1S/C30H21Br2ClN2O3/c31-24-6-1-20(2-7-24)19-38-29-14-5-22(16-28(29)32)15-23(17-34)30(36)35-26-10-12-27(13-11-26)37-18-21-3-8-25(33)9-4-21/h1-16H,18-19H2,(H,35,36)/b23-15+. The fourth-order valence-corrected chi connectivity index (χ4v) is 4.26. The van der Waals surface area contributed by atoms with Gasteiger partial charge in [0, 0.05) is 15.2 Å². The number of carbonyl (C=O) groups is 1. The predicted molar refractivity (Wildman–Crippen MR) is 157 cm³/mol. The molecule has 0 radical (unpaired) electrons. The van der Waals surface area contributed by atoms with E-state index in [2.05, 4.69) is 37.2 Å². The number of nitrogens with one attached hydrogen (secondary N) is 1. The van der Waals surface area contributed by atoms with E-state index in [9.17, 15) is 10.1 Å². The molecule has 0 unspecified atom stereocenters. The summed E-state index contributed by atoms with van der Waals surface area (Å²) < 4.78 is 13.4. The Labute approximate surface area is 242 Å². The van der Waals surface area contributed by atoms with Crippen molar-refractivity contribution >= 4 is 61.1 Å². The fraction of sp³-hybridized carbons (Fsp3) is 0.0667. The van der Waals surface area contributed by atoms with E-state index < -0.39 is 5.91 Å². The van der Waals surface area contributed by atoms with E-state index >= 15 is 0 Å². The lowest BCUT2D eigenvalue weighted by Gasteiger charge is -2.10. The summed E-state index contributed by atoms with van der Waals surface area (Å²) in [4.78, 5) is 12.7. The molecule has 0 saturated heterocycles. The zero-order valence-electron chi connectivity index (χ0n) is 20.0. The van der Waals surface area contributed by atoms with Crippen LogP contribution in [0.4, 0.5) is 5.69 Å². The number of hydrogen-bond acceptors (Lipinski definition) is 4. The molecule has 190 valence electrons. The van der Waals surface area contributed by atoms with Crippen LogP contribution in [-0.2, 0) is 18.0 Å². The largest absolute Gasteiger partial charge is 0.489 e. The first-order valence-corrected chi connectivity index (χ1v) is 13.4. The molecular formula is C30H21Br2ClN2O3. The second-order valence-corrected chi connectivity index (χ2v) is 10.4. The van der Waals surface area contributed by atoms with Crippen LogP contribution >= 0.6 is 43.5 Å². The Hall–Kier alpha value is -3.57. The molecular weight excluding hydrogens is 632 g/mol. The predicted octanol–water partition coefficient (Wildman–Crippen LogP) is 8.57. The van der Waals surface area contributed by atoms with E-state index in [-0.39, 0.29) is 5.57 Å². The summed E-state index contributed by atoms with van der Waals surface area (Å²) in [6.45, 7) is 0.811. The molecule has 0 fully saturated rings. The summed E-state index contributed by atoms with van der Waals surface area (Å²) in [5, 5.41) is 13.0. The Morgan fingerprint density at radius 3 is 2.13 bits per heavy atom. The number of ether oxygens (including phenoxy) is 2. The van der Waals surface area contributed by atoms with Gasteiger partial charge in [-0.3, -0.25) is 4.79 Å². The van der Waals surface area contributed by atoms with Crippen molar-refractivity contribution in [1.82, 2.24) is 0 Å². The van der Waals surface area contributed by atoms with Crippen molar-refractivity contribution in [2.45, 2.75) is 13.2 Å². The lowest BCUT2D eigenvalue weighted by molar-refractivity contribution is -0.112. The van der Waals surface area contributed by atoms with Gasteiger partial charge in [-0.1, -0.05) is 57.9 Å². The molecule has 38 heavy (non-hydrogen) atoms. The van der Waals surface area contributed by atoms with Gasteiger partial charge in [0.1, 0.15) is 36.4 Å². The van der Waals surface area contributed by atoms with Crippen LogP contribution < -0.4 is 14.8 Å². The summed E-state index contributed by atoms with van der Waals surface area (Å²) in [6, 6.07) is 29.6. The maximum atomic E-state index is 12.7. The van der Waals surface area contributed by atoms with Crippen molar-refractivity contribution in [2.75, 3.05) is 5.32 Å². The van der Waals surface area contributed by atoms with E-state index in [0.717, 1.165) is 20.1 Å². The molecule has 1 N–H and O–H groups in total. The van der Waals surface area contributed by atoms with Crippen molar-refractivity contribution in [2.24, 2.45) is 0 Å². The van der Waals surface area contributed by atoms with Crippen LogP contribution in [-0.4, -0.2) is 5.91 Å². The van der Waals surface area contributed by atoms with Gasteiger partial charge in [-0.05, 0) is 99.4 Å². The van der Waals surface area contributed by atoms with Gasteiger partial charge in [-0.2, -0.15) is 5.26 Å². The van der Waals surface area contributed by atoms with Gasteiger partial charge < -0.3 is 14.8 Å². The van der Waals surface area contributed by atoms with Gasteiger partial charge in [-0.25, -0.2) is 0 Å². The van der Waals surface area contributed by atoms with Gasteiger partial charge in [-0.15, -0.1) is 0 Å². The molecule has 0 spiro atoms. The molecule has 1 amide bonds. The summed E-state index contributed by atoms with van der Waals surface area (Å²) in [5.41, 5.74) is 3.24. The number of carbonyl (C=O) groups excluding carboxylic acids is 1. The number of halogens is 3. The molecule has 0 aliphatic carbocycles. The third-order valence-corrected chi connectivity index (χ3v) is 6.77. The smallest absolute Gasteiger partial charge is 0.266 e. The van der Waals surface area contributed by atoms with E-state index in [1.165, 1.54) is 6.08 Å². The van der Waals surface area contributed by atoms with Crippen molar-refractivity contribution < 1.29 is 14.3 Å². The monoisotopic (exact) mass is 650 g/mol. The molecule has 0 aliphatic rings. The molecule has 5 nitrogen and oxygen atoms in total. The molecule has 0 bridgehead atoms. The molecule has 0 atom stereocenters. The van der Waals surface area contributed by atoms with E-state index in [4.69, 9.17) is 21.1 Å². The van der Waals surface area contributed by atoms with Gasteiger partial charge >= 0.3 is 0 Å². The number of anilines is 1. The van der Waals surface area contributed by atoms with Crippen molar-refractivity contribution in [3.8, 4) is 17.6 Å². The molecule has 0 aliphatic heterocycles. The summed E-state index contributed by atoms with van der Waals surface area (Å²) in [6.07, 6.45) is 1.53. The maximum absolute atomic E-state index is 12.7. The normalized spacial score (nSPS) is 10.9. The zero-order chi connectivity index (χ0) is 26.9. The minimum Gasteiger partial charge on any atom is -0.489 e. The average Bonchev–Trinajstić information content (AvgIpc) is 2.92. The highest BCUT2D eigenvalue weighted by Crippen LogP contribution is 2.28. The number of amides is 1. The van der Waals surface area contributed by atoms with Crippen molar-refractivity contribution in [1.29, 1.82) is 5.26 Å². The van der Waals surface area contributed by atoms with Crippen molar-refractivity contribution in [3.05, 3.63) is 127 Å². The molecule has 0 heterocycles. The summed E-state index contributed by atoms with van der Waals surface area (Å²) >= 11 is 12.8. The van der Waals surface area contributed by atoms with Crippen LogP contribution in [0.15, 0.2) is 106 Å². The third kappa shape index (κ3) is 7.96. The summed E-state index contributed by atoms with van der Waals surface area (Å²) in [7, 11) is 0. The highest BCUT2D eigenvalue weighted by atomic mass is 79.9. The second kappa shape index (κ2) is 13.3. The molecule has 8 heteroatoms. The second-order valence-electron chi connectivity index (χ2n) is 8.17. The first-order chi connectivity index (χ1) is 18.4. The molecule has 0 saturated carbocycles. The molecule has 0 aromatic heterocycles. The van der Waals surface area contributed by atoms with Crippen LogP contribution in [0.1, 0.15) is 16.7 Å². The van der Waals surface area contributed by atoms with Crippen LogP contribution in [0.25, 0.3) is 6.08 Å². The number of hydrogen-bond donors (Lipinski definition) is 1. The molecule has 4 rings (SSSR count). The van der Waals surface area contributed by atoms with Crippen LogP contribution in [0.2, 0.25) is 5.02 Å². The Kier molecular flexibility index (Phi) is 9.61. The van der Waals surface area contributed by atoms with Gasteiger partial charge in [0.2, 0.25) is 0 Å². The lowest BCUT2D eigenvalue weighted by atomic mass is 10.1. The van der Waals surface area contributed by atoms with Crippen LogP contribution in [0.5, 0.6) is 11.5 Å². The number of nitrogens with zero attached hydrogens (tertiary/aromatic N) is 1. The highest BCUT2D eigenvalue weighted by Gasteiger charge is 2.11. The van der Waals surface area contributed by atoms with Crippen LogP contribution in [0.3, 0.4) is 0 Å².